The van der Waals surface area contributed by atoms with Crippen LogP contribution in [0.4, 0.5) is 0 Å². The molecule has 0 fully saturated rings. The largest absolute Gasteiger partial charge is 0.492 e. The lowest BCUT2D eigenvalue weighted by atomic mass is 10.2. The van der Waals surface area contributed by atoms with Crippen molar-refractivity contribution in [3.8, 4) is 11.5 Å². The molecule has 10 heteroatoms. The van der Waals surface area contributed by atoms with E-state index in [9.17, 15) is 9.59 Å². The highest BCUT2D eigenvalue weighted by Gasteiger charge is 2.12. The third kappa shape index (κ3) is 9.42. The quantitative estimate of drug-likeness (QED) is 0.228. The molecule has 0 aromatic heterocycles. The van der Waals surface area contributed by atoms with Crippen molar-refractivity contribution >= 4 is 56.7 Å². The predicted octanol–water partition coefficient (Wildman–Crippen LogP) is 4.78. The molecule has 7 nitrogen and oxygen atoms in total. The van der Waals surface area contributed by atoms with E-state index in [1.165, 1.54) is 12.8 Å². The lowest BCUT2D eigenvalue weighted by Gasteiger charge is -2.12. The molecule has 0 spiro atoms. The van der Waals surface area contributed by atoms with Gasteiger partial charge >= 0.3 is 0 Å². The van der Waals surface area contributed by atoms with Crippen LogP contribution in [0.15, 0.2) is 46.9 Å². The van der Waals surface area contributed by atoms with E-state index in [4.69, 9.17) is 33.3 Å². The maximum atomic E-state index is 12.4. The van der Waals surface area contributed by atoms with E-state index < -0.39 is 11.8 Å². The molecule has 2 aromatic carbocycles. The Morgan fingerprint density at radius 3 is 2.47 bits per heavy atom. The molecule has 2 rings (SSSR count). The van der Waals surface area contributed by atoms with Crippen LogP contribution in [-0.2, 0) is 4.79 Å². The summed E-state index contributed by atoms with van der Waals surface area (Å²) in [6, 6.07) is 11.6. The average molecular weight is 543 g/mol. The molecule has 0 bridgehead atoms. The first kappa shape index (κ1) is 25.9. The van der Waals surface area contributed by atoms with Gasteiger partial charge in [0, 0.05) is 10.6 Å². The molecule has 0 aliphatic carbocycles. The van der Waals surface area contributed by atoms with Gasteiger partial charge in [-0.25, -0.2) is 0 Å². The van der Waals surface area contributed by atoms with E-state index in [0.717, 1.165) is 12.8 Å². The number of hydrogen-bond acceptors (Lipinski definition) is 5. The van der Waals surface area contributed by atoms with Gasteiger partial charge in [-0.05, 0) is 77.0 Å². The fourth-order valence-electron chi connectivity index (χ4n) is 2.52. The number of ether oxygens (including phenoxy) is 2. The van der Waals surface area contributed by atoms with Crippen LogP contribution in [-0.4, -0.2) is 30.1 Å². The van der Waals surface area contributed by atoms with Gasteiger partial charge in [0.05, 0.1) is 11.1 Å². The third-order valence-corrected chi connectivity index (χ3v) is 5.25. The van der Waals surface area contributed by atoms with Gasteiger partial charge in [0.25, 0.3) is 11.8 Å². The molecule has 0 aliphatic heterocycles. The Kier molecular flexibility index (Phi) is 11.3. The highest BCUT2D eigenvalue weighted by molar-refractivity contribution is 9.10. The summed E-state index contributed by atoms with van der Waals surface area (Å²) in [5.74, 6) is 0.273. The number of amides is 2. The van der Waals surface area contributed by atoms with E-state index >= 15 is 0 Å². The van der Waals surface area contributed by atoms with Crippen molar-refractivity contribution in [2.45, 2.75) is 32.6 Å². The number of hydrogen-bond donors (Lipinski definition) is 3. The van der Waals surface area contributed by atoms with Gasteiger partial charge in [-0.3, -0.25) is 25.8 Å². The number of nitrogens with one attached hydrogen (secondary N) is 3. The number of carbonyl (C=O) groups excluding carboxylic acids is 2. The van der Waals surface area contributed by atoms with Crippen LogP contribution in [0.2, 0.25) is 5.02 Å². The third-order valence-electron chi connectivity index (χ3n) is 4.18. The Morgan fingerprint density at radius 1 is 1.03 bits per heavy atom. The van der Waals surface area contributed by atoms with Crippen molar-refractivity contribution in [1.82, 2.24) is 16.2 Å². The molecule has 32 heavy (non-hydrogen) atoms. The molecule has 172 valence electrons. The molecule has 0 atom stereocenters. The van der Waals surface area contributed by atoms with Gasteiger partial charge in [-0.1, -0.05) is 37.8 Å². The van der Waals surface area contributed by atoms with Crippen LogP contribution in [0.1, 0.15) is 43.0 Å². The van der Waals surface area contributed by atoms with Crippen LogP contribution < -0.4 is 25.6 Å². The van der Waals surface area contributed by atoms with Crippen LogP contribution in [0.3, 0.4) is 0 Å². The van der Waals surface area contributed by atoms with E-state index in [0.29, 0.717) is 33.2 Å². The number of unbranched alkanes of at least 4 members (excludes halogenated alkanes) is 3. The molecule has 0 aliphatic rings. The van der Waals surface area contributed by atoms with Crippen LogP contribution in [0.5, 0.6) is 11.5 Å². The second-order valence-electron chi connectivity index (χ2n) is 6.75. The zero-order valence-corrected chi connectivity index (χ0v) is 20.7. The van der Waals surface area contributed by atoms with Crippen molar-refractivity contribution in [1.29, 1.82) is 0 Å². The number of halogens is 2. The Balaban J connectivity index is 1.73. The van der Waals surface area contributed by atoms with Crippen molar-refractivity contribution in [3.63, 3.8) is 0 Å². The van der Waals surface area contributed by atoms with Crippen LogP contribution in [0, 0.1) is 0 Å². The monoisotopic (exact) mass is 541 g/mol. The Bertz CT molecular complexity index is 928. The molecule has 0 heterocycles. The number of rotatable bonds is 10. The van der Waals surface area contributed by atoms with Crippen molar-refractivity contribution < 1.29 is 19.1 Å². The van der Waals surface area contributed by atoms with Crippen LogP contribution in [0.25, 0.3) is 0 Å². The summed E-state index contributed by atoms with van der Waals surface area (Å²) in [7, 11) is 0. The van der Waals surface area contributed by atoms with Gasteiger partial charge < -0.3 is 9.47 Å². The lowest BCUT2D eigenvalue weighted by molar-refractivity contribution is -0.123. The summed E-state index contributed by atoms with van der Waals surface area (Å²) in [6.07, 6.45) is 4.47. The highest BCUT2D eigenvalue weighted by Crippen LogP contribution is 2.26. The van der Waals surface area contributed by atoms with E-state index in [1.54, 1.807) is 42.5 Å². The molecular weight excluding hydrogens is 518 g/mol. The molecule has 0 unspecified atom stereocenters. The van der Waals surface area contributed by atoms with E-state index in [1.807, 2.05) is 0 Å². The molecule has 0 saturated heterocycles. The minimum absolute atomic E-state index is 0.0535. The number of carbonyl (C=O) groups is 2. The summed E-state index contributed by atoms with van der Waals surface area (Å²) in [4.78, 5) is 24.2. The van der Waals surface area contributed by atoms with Crippen molar-refractivity contribution in [2.24, 2.45) is 0 Å². The summed E-state index contributed by atoms with van der Waals surface area (Å²) in [5.41, 5.74) is 5.20. The summed E-state index contributed by atoms with van der Waals surface area (Å²) in [5, 5.41) is 3.01. The molecule has 0 radical (unpaired) electrons. The van der Waals surface area contributed by atoms with Gasteiger partial charge in [-0.2, -0.15) is 0 Å². The summed E-state index contributed by atoms with van der Waals surface area (Å²) >= 11 is 14.3. The second-order valence-corrected chi connectivity index (χ2v) is 8.45. The maximum absolute atomic E-state index is 12.4. The SMILES string of the molecule is CCCCCCOc1ccc(C(=O)NC(=S)NNC(=O)COc2ccc(Cl)cc2)cc1Br. The first-order chi connectivity index (χ1) is 15.4. The predicted molar refractivity (Wildman–Crippen MR) is 132 cm³/mol. The number of thiocarbonyl (C=S) groups is 1. The molecule has 2 aromatic rings. The summed E-state index contributed by atoms with van der Waals surface area (Å²) < 4.78 is 11.7. The lowest BCUT2D eigenvalue weighted by Crippen LogP contribution is -2.49. The van der Waals surface area contributed by atoms with Crippen molar-refractivity contribution in [3.05, 3.63) is 57.5 Å². The number of benzene rings is 2. The smallest absolute Gasteiger partial charge is 0.276 e. The second kappa shape index (κ2) is 13.9. The average Bonchev–Trinajstić information content (AvgIpc) is 2.78. The first-order valence-corrected chi connectivity index (χ1v) is 11.7. The summed E-state index contributed by atoms with van der Waals surface area (Å²) in [6.45, 7) is 2.55. The van der Waals surface area contributed by atoms with Gasteiger partial charge in [0.15, 0.2) is 11.7 Å². The van der Waals surface area contributed by atoms with E-state index in [-0.39, 0.29) is 11.7 Å². The highest BCUT2D eigenvalue weighted by atomic mass is 79.9. The molecular formula is C22H25BrClN3O4S. The number of hydrazine groups is 1. The van der Waals surface area contributed by atoms with Crippen LogP contribution >= 0.6 is 39.7 Å². The zero-order valence-electron chi connectivity index (χ0n) is 17.6. The molecule has 2 amide bonds. The molecule has 3 N–H and O–H groups in total. The first-order valence-electron chi connectivity index (χ1n) is 10.1. The Morgan fingerprint density at radius 2 is 1.78 bits per heavy atom. The normalized spacial score (nSPS) is 10.2. The van der Waals surface area contributed by atoms with Gasteiger partial charge in [-0.15, -0.1) is 0 Å². The Hall–Kier alpha value is -2.36. The maximum Gasteiger partial charge on any atom is 0.276 e. The minimum Gasteiger partial charge on any atom is -0.492 e. The van der Waals surface area contributed by atoms with Gasteiger partial charge in [0.2, 0.25) is 0 Å². The van der Waals surface area contributed by atoms with Gasteiger partial charge in [0.1, 0.15) is 11.5 Å². The molecule has 0 saturated carbocycles. The zero-order chi connectivity index (χ0) is 23.3. The fourth-order valence-corrected chi connectivity index (χ4v) is 3.28. The fraction of sp³-hybridized carbons (Fsp3) is 0.318. The standard InChI is InChI=1S/C22H25BrClN3O4S/c1-2-3-4-5-12-30-19-11-6-15(13-18(19)23)21(29)25-22(32)27-26-20(28)14-31-17-9-7-16(24)8-10-17/h6-11,13H,2-5,12,14H2,1H3,(H,26,28)(H2,25,27,29,32). The minimum atomic E-state index is -0.472. The van der Waals surface area contributed by atoms with Crippen molar-refractivity contribution in [2.75, 3.05) is 13.2 Å². The Labute approximate surface area is 206 Å². The van der Waals surface area contributed by atoms with E-state index in [2.05, 4.69) is 39.0 Å². The topological polar surface area (TPSA) is 88.7 Å².